The molecule has 5 aliphatic rings. The molecule has 2 saturated carbocycles. The van der Waals surface area contributed by atoms with Gasteiger partial charge in [0.05, 0.1) is 17.5 Å². The monoisotopic (exact) mass is 391 g/mol. The summed E-state index contributed by atoms with van der Waals surface area (Å²) in [6, 6.07) is 7.67. The van der Waals surface area contributed by atoms with Crippen LogP contribution in [-0.2, 0) is 9.59 Å². The molecule has 1 saturated heterocycles. The molecule has 2 amide bonds. The van der Waals surface area contributed by atoms with Crippen LogP contribution in [0.1, 0.15) is 6.42 Å². The number of nitrogens with zero attached hydrogens (tertiary/aromatic N) is 1. The molecule has 4 heteroatoms. The Morgan fingerprint density at radius 3 is 2.19 bits per heavy atom. The van der Waals surface area contributed by atoms with Crippen LogP contribution in [0.3, 0.4) is 0 Å². The van der Waals surface area contributed by atoms with Gasteiger partial charge in [0.25, 0.3) is 0 Å². The molecule has 3 nitrogen and oxygen atoms in total. The summed E-state index contributed by atoms with van der Waals surface area (Å²) in [6.07, 6.45) is 5.63. The standard InChI is InChI=1S/C17H14INO2/c18-8-2-1-3-9(6-8)19-16(20)14-10-4-5-11(13-7-12(10)13)15(14)17(19)21/h1-6,10-15H,7H2/t10-,11+,12-,13+,14-,15+. The van der Waals surface area contributed by atoms with E-state index in [9.17, 15) is 9.59 Å². The number of allylic oxidation sites excluding steroid dienone is 2. The Balaban J connectivity index is 1.60. The van der Waals surface area contributed by atoms with Crippen LogP contribution in [0.5, 0.6) is 0 Å². The van der Waals surface area contributed by atoms with Gasteiger partial charge in [0.1, 0.15) is 0 Å². The van der Waals surface area contributed by atoms with E-state index in [2.05, 4.69) is 34.7 Å². The first-order chi connectivity index (χ1) is 10.2. The zero-order valence-corrected chi connectivity index (χ0v) is 13.4. The summed E-state index contributed by atoms with van der Waals surface area (Å²) in [5.41, 5.74) is 0.736. The van der Waals surface area contributed by atoms with Crippen molar-refractivity contribution in [2.45, 2.75) is 6.42 Å². The average molecular weight is 391 g/mol. The van der Waals surface area contributed by atoms with Gasteiger partial charge in [-0.25, -0.2) is 4.90 Å². The van der Waals surface area contributed by atoms with Gasteiger partial charge in [-0.3, -0.25) is 9.59 Å². The molecule has 106 valence electrons. The van der Waals surface area contributed by atoms with Crippen molar-refractivity contribution in [3.05, 3.63) is 40.0 Å². The fraction of sp³-hybridized carbons (Fsp3) is 0.412. The number of imide groups is 1. The first kappa shape index (κ1) is 12.4. The Bertz CT molecular complexity index is 676. The van der Waals surface area contributed by atoms with E-state index in [-0.39, 0.29) is 23.7 Å². The molecule has 0 radical (unpaired) electrons. The summed E-state index contributed by atoms with van der Waals surface area (Å²) < 4.78 is 1.05. The fourth-order valence-corrected chi connectivity index (χ4v) is 5.35. The Hall–Kier alpha value is -1.17. The molecule has 3 fully saturated rings. The molecule has 1 heterocycles. The van der Waals surface area contributed by atoms with Crippen LogP contribution in [0, 0.1) is 39.1 Å². The van der Waals surface area contributed by atoms with Gasteiger partial charge in [0.2, 0.25) is 11.8 Å². The van der Waals surface area contributed by atoms with Crippen molar-refractivity contribution in [3.8, 4) is 0 Å². The smallest absolute Gasteiger partial charge is 0.238 e. The number of anilines is 1. The van der Waals surface area contributed by atoms with Gasteiger partial charge in [-0.05, 0) is 70.9 Å². The molecule has 4 aliphatic carbocycles. The molecule has 21 heavy (non-hydrogen) atoms. The third-order valence-corrected chi connectivity index (χ3v) is 6.40. The second-order valence-corrected chi connectivity index (χ2v) is 7.89. The van der Waals surface area contributed by atoms with Crippen molar-refractivity contribution in [2.24, 2.45) is 35.5 Å². The first-order valence-corrected chi connectivity index (χ1v) is 8.56. The highest BCUT2D eigenvalue weighted by Crippen LogP contribution is 2.65. The fourth-order valence-electron chi connectivity index (χ4n) is 4.83. The van der Waals surface area contributed by atoms with Gasteiger partial charge in [0.15, 0.2) is 0 Å². The summed E-state index contributed by atoms with van der Waals surface area (Å²) in [5.74, 6) is 1.77. The van der Waals surface area contributed by atoms with Crippen molar-refractivity contribution in [1.82, 2.24) is 0 Å². The number of hydrogen-bond acceptors (Lipinski definition) is 2. The summed E-state index contributed by atoms with van der Waals surface area (Å²) in [4.78, 5) is 27.2. The van der Waals surface area contributed by atoms with Crippen LogP contribution in [-0.4, -0.2) is 11.8 Å². The molecule has 2 bridgehead atoms. The summed E-state index contributed by atoms with van der Waals surface area (Å²) in [7, 11) is 0. The lowest BCUT2D eigenvalue weighted by Gasteiger charge is -2.37. The van der Waals surface area contributed by atoms with E-state index in [0.29, 0.717) is 23.7 Å². The number of benzene rings is 1. The summed E-state index contributed by atoms with van der Waals surface area (Å²) in [6.45, 7) is 0. The first-order valence-electron chi connectivity index (χ1n) is 7.48. The third kappa shape index (κ3) is 1.49. The highest BCUT2D eigenvalue weighted by molar-refractivity contribution is 14.1. The van der Waals surface area contributed by atoms with Crippen LogP contribution in [0.2, 0.25) is 0 Å². The largest absolute Gasteiger partial charge is 0.274 e. The maximum atomic E-state index is 12.9. The van der Waals surface area contributed by atoms with E-state index in [1.807, 2.05) is 24.3 Å². The highest BCUT2D eigenvalue weighted by atomic mass is 127. The number of carbonyl (C=O) groups is 2. The van der Waals surface area contributed by atoms with Crippen LogP contribution in [0.15, 0.2) is 36.4 Å². The van der Waals surface area contributed by atoms with Gasteiger partial charge < -0.3 is 0 Å². The Morgan fingerprint density at radius 1 is 1.00 bits per heavy atom. The zero-order valence-electron chi connectivity index (χ0n) is 11.3. The van der Waals surface area contributed by atoms with E-state index in [1.54, 1.807) is 0 Å². The minimum Gasteiger partial charge on any atom is -0.274 e. The minimum absolute atomic E-state index is 0.0247. The molecule has 1 aliphatic heterocycles. The summed E-state index contributed by atoms with van der Waals surface area (Å²) >= 11 is 2.22. The van der Waals surface area contributed by atoms with E-state index >= 15 is 0 Å². The topological polar surface area (TPSA) is 37.4 Å². The van der Waals surface area contributed by atoms with Gasteiger partial charge in [-0.1, -0.05) is 18.2 Å². The second-order valence-electron chi connectivity index (χ2n) is 6.65. The number of halogens is 1. The predicted octanol–water partition coefficient (Wildman–Crippen LogP) is 2.85. The van der Waals surface area contributed by atoms with E-state index < -0.39 is 0 Å². The molecule has 0 N–H and O–H groups in total. The molecule has 6 atom stereocenters. The van der Waals surface area contributed by atoms with Crippen LogP contribution < -0.4 is 4.90 Å². The average Bonchev–Trinajstić information content (AvgIpc) is 3.24. The quantitative estimate of drug-likeness (QED) is 0.420. The number of hydrogen-bond donors (Lipinski definition) is 0. The lowest BCUT2D eigenvalue weighted by Crippen LogP contribution is -2.40. The SMILES string of the molecule is O=C1[C@@H]2[C@@H]3C=C[C@@H]([C@@H]4C[C@H]34)[C@@H]2C(=O)N1c1cccc(I)c1. The Kier molecular flexibility index (Phi) is 2.34. The van der Waals surface area contributed by atoms with Crippen molar-refractivity contribution >= 4 is 40.1 Å². The van der Waals surface area contributed by atoms with Crippen LogP contribution in [0.4, 0.5) is 5.69 Å². The van der Waals surface area contributed by atoms with Gasteiger partial charge in [-0.2, -0.15) is 0 Å². The third-order valence-electron chi connectivity index (χ3n) is 5.73. The van der Waals surface area contributed by atoms with Crippen LogP contribution in [0.25, 0.3) is 0 Å². The molecular weight excluding hydrogens is 377 g/mol. The Labute approximate surface area is 136 Å². The van der Waals surface area contributed by atoms with E-state index in [4.69, 9.17) is 0 Å². The van der Waals surface area contributed by atoms with Crippen molar-refractivity contribution in [3.63, 3.8) is 0 Å². The molecule has 0 unspecified atom stereocenters. The molecular formula is C17H14INO2. The minimum atomic E-state index is -0.103. The lowest BCUT2D eigenvalue weighted by atomic mass is 9.63. The van der Waals surface area contributed by atoms with E-state index in [0.717, 1.165) is 9.26 Å². The maximum absolute atomic E-state index is 12.9. The number of carbonyl (C=O) groups excluding carboxylic acids is 2. The molecule has 0 aromatic heterocycles. The maximum Gasteiger partial charge on any atom is 0.238 e. The van der Waals surface area contributed by atoms with Gasteiger partial charge >= 0.3 is 0 Å². The van der Waals surface area contributed by atoms with Crippen LogP contribution >= 0.6 is 22.6 Å². The molecule has 0 spiro atoms. The van der Waals surface area contributed by atoms with E-state index in [1.165, 1.54) is 11.3 Å². The summed E-state index contributed by atoms with van der Waals surface area (Å²) in [5, 5.41) is 0. The van der Waals surface area contributed by atoms with Crippen molar-refractivity contribution in [2.75, 3.05) is 4.90 Å². The van der Waals surface area contributed by atoms with Gasteiger partial charge in [-0.15, -0.1) is 0 Å². The zero-order chi connectivity index (χ0) is 14.3. The van der Waals surface area contributed by atoms with Gasteiger partial charge in [0, 0.05) is 3.57 Å². The lowest BCUT2D eigenvalue weighted by molar-refractivity contribution is -0.124. The Morgan fingerprint density at radius 2 is 1.62 bits per heavy atom. The number of amides is 2. The van der Waals surface area contributed by atoms with Crippen molar-refractivity contribution < 1.29 is 9.59 Å². The number of rotatable bonds is 1. The molecule has 1 aromatic rings. The molecule has 6 rings (SSSR count). The molecule has 1 aromatic carbocycles. The van der Waals surface area contributed by atoms with Crippen molar-refractivity contribution in [1.29, 1.82) is 0 Å². The second kappa shape index (κ2) is 3.97. The highest BCUT2D eigenvalue weighted by Gasteiger charge is 2.67. The normalized spacial score (nSPS) is 42.2. The predicted molar refractivity (Wildman–Crippen MR) is 86.3 cm³/mol.